The number of nitrogens with zero attached hydrogens (tertiary/aromatic N) is 5. The number of hydrogen-bond donors (Lipinski definition) is 1. The number of benzene rings is 1. The molecule has 1 aromatic carbocycles. The summed E-state index contributed by atoms with van der Waals surface area (Å²) in [5, 5.41) is 10.8. The third-order valence-electron chi connectivity index (χ3n) is 4.74. The van der Waals surface area contributed by atoms with Crippen LogP contribution in [0.15, 0.2) is 48.8 Å². The van der Waals surface area contributed by atoms with Crippen LogP contribution in [0.25, 0.3) is 5.69 Å². The molecule has 138 valence electrons. The van der Waals surface area contributed by atoms with Crippen LogP contribution in [0.1, 0.15) is 35.3 Å². The van der Waals surface area contributed by atoms with E-state index in [9.17, 15) is 4.79 Å². The third-order valence-corrected chi connectivity index (χ3v) is 4.74. The van der Waals surface area contributed by atoms with Gasteiger partial charge in [-0.15, -0.1) is 5.10 Å². The number of nitrogens with one attached hydrogen (secondary N) is 1. The highest BCUT2D eigenvalue weighted by atomic mass is 16.2. The summed E-state index contributed by atoms with van der Waals surface area (Å²) in [6.07, 6.45) is 7.15. The van der Waals surface area contributed by atoms with Gasteiger partial charge in [-0.1, -0.05) is 22.9 Å². The van der Waals surface area contributed by atoms with Crippen LogP contribution in [0.5, 0.6) is 0 Å². The zero-order valence-corrected chi connectivity index (χ0v) is 15.3. The summed E-state index contributed by atoms with van der Waals surface area (Å²) >= 11 is 0. The minimum absolute atomic E-state index is 0.248. The number of pyridine rings is 1. The monoisotopic (exact) mass is 362 g/mol. The van der Waals surface area contributed by atoms with Gasteiger partial charge in [0.1, 0.15) is 5.82 Å². The molecule has 1 amide bonds. The molecule has 0 atom stereocenters. The molecule has 3 heterocycles. The highest BCUT2D eigenvalue weighted by Gasteiger charge is 2.14. The van der Waals surface area contributed by atoms with Gasteiger partial charge in [-0.3, -0.25) is 4.79 Å². The Kier molecular flexibility index (Phi) is 4.82. The van der Waals surface area contributed by atoms with Gasteiger partial charge in [0.15, 0.2) is 5.69 Å². The number of anilines is 2. The number of carbonyl (C=O) groups excluding carboxylic acids is 1. The van der Waals surface area contributed by atoms with E-state index in [1.54, 1.807) is 10.9 Å². The first-order chi connectivity index (χ1) is 13.2. The SMILES string of the molecule is Cc1ccc(-n2cc(C(=O)Nc3ccc(N4CCCCC4)cn3)nn2)cc1. The Morgan fingerprint density at radius 3 is 2.44 bits per heavy atom. The van der Waals surface area contributed by atoms with E-state index in [-0.39, 0.29) is 11.6 Å². The summed E-state index contributed by atoms with van der Waals surface area (Å²) in [6.45, 7) is 4.15. The topological polar surface area (TPSA) is 75.9 Å². The first-order valence-corrected chi connectivity index (χ1v) is 9.21. The Bertz CT molecular complexity index is 910. The Labute approximate surface area is 158 Å². The number of amides is 1. The number of carbonyl (C=O) groups is 1. The molecule has 27 heavy (non-hydrogen) atoms. The van der Waals surface area contributed by atoms with Crippen molar-refractivity contribution in [1.82, 2.24) is 20.0 Å². The molecule has 0 radical (unpaired) electrons. The Morgan fingerprint density at radius 2 is 1.74 bits per heavy atom. The van der Waals surface area contributed by atoms with Crippen molar-refractivity contribution >= 4 is 17.4 Å². The fourth-order valence-electron chi connectivity index (χ4n) is 3.17. The highest BCUT2D eigenvalue weighted by Crippen LogP contribution is 2.20. The second-order valence-electron chi connectivity index (χ2n) is 6.79. The highest BCUT2D eigenvalue weighted by molar-refractivity contribution is 6.02. The van der Waals surface area contributed by atoms with Gasteiger partial charge in [0, 0.05) is 13.1 Å². The van der Waals surface area contributed by atoms with Gasteiger partial charge in [0.2, 0.25) is 0 Å². The van der Waals surface area contributed by atoms with Crippen molar-refractivity contribution < 1.29 is 4.79 Å². The molecule has 1 fully saturated rings. The molecule has 0 unspecified atom stereocenters. The van der Waals surface area contributed by atoms with Gasteiger partial charge in [-0.05, 0) is 50.5 Å². The van der Waals surface area contributed by atoms with Crippen LogP contribution in [0.3, 0.4) is 0 Å². The van der Waals surface area contributed by atoms with Crippen molar-refractivity contribution in [2.75, 3.05) is 23.3 Å². The van der Waals surface area contributed by atoms with Crippen LogP contribution < -0.4 is 10.2 Å². The maximum absolute atomic E-state index is 12.4. The first-order valence-electron chi connectivity index (χ1n) is 9.21. The van der Waals surface area contributed by atoms with Crippen molar-refractivity contribution in [1.29, 1.82) is 0 Å². The molecule has 0 saturated carbocycles. The van der Waals surface area contributed by atoms with E-state index in [0.29, 0.717) is 5.82 Å². The largest absolute Gasteiger partial charge is 0.370 e. The van der Waals surface area contributed by atoms with Crippen LogP contribution in [0.4, 0.5) is 11.5 Å². The minimum Gasteiger partial charge on any atom is -0.370 e. The first kappa shape index (κ1) is 17.2. The second kappa shape index (κ2) is 7.57. The smallest absolute Gasteiger partial charge is 0.279 e. The van der Waals surface area contributed by atoms with Crippen LogP contribution in [0.2, 0.25) is 0 Å². The van der Waals surface area contributed by atoms with Crippen molar-refractivity contribution in [3.8, 4) is 5.69 Å². The summed E-state index contributed by atoms with van der Waals surface area (Å²) in [5.74, 6) is 0.178. The van der Waals surface area contributed by atoms with E-state index in [4.69, 9.17) is 0 Å². The van der Waals surface area contributed by atoms with E-state index >= 15 is 0 Å². The Morgan fingerprint density at radius 1 is 1.00 bits per heavy atom. The number of rotatable bonds is 4. The molecule has 7 nitrogen and oxygen atoms in total. The Hall–Kier alpha value is -3.22. The molecule has 1 aliphatic rings. The molecule has 0 bridgehead atoms. The molecule has 1 aliphatic heterocycles. The lowest BCUT2D eigenvalue weighted by molar-refractivity contribution is 0.102. The quantitative estimate of drug-likeness (QED) is 0.771. The predicted molar refractivity (Wildman–Crippen MR) is 104 cm³/mol. The lowest BCUT2D eigenvalue weighted by Crippen LogP contribution is -2.29. The average molecular weight is 362 g/mol. The van der Waals surface area contributed by atoms with Gasteiger partial charge >= 0.3 is 0 Å². The molecule has 7 heteroatoms. The molecular formula is C20H22N6O. The molecule has 0 aliphatic carbocycles. The summed E-state index contributed by atoms with van der Waals surface area (Å²) < 4.78 is 1.58. The zero-order chi connectivity index (χ0) is 18.6. The van der Waals surface area contributed by atoms with Crippen molar-refractivity contribution in [2.24, 2.45) is 0 Å². The van der Waals surface area contributed by atoms with Crippen LogP contribution in [-0.2, 0) is 0 Å². The molecule has 0 spiro atoms. The van der Waals surface area contributed by atoms with Crippen molar-refractivity contribution in [3.63, 3.8) is 0 Å². The molecule has 4 rings (SSSR count). The molecular weight excluding hydrogens is 340 g/mol. The maximum atomic E-state index is 12.4. The summed E-state index contributed by atoms with van der Waals surface area (Å²) in [5.41, 5.74) is 3.36. The van der Waals surface area contributed by atoms with Crippen molar-refractivity contribution in [2.45, 2.75) is 26.2 Å². The summed E-state index contributed by atoms with van der Waals surface area (Å²) in [4.78, 5) is 19.1. The normalized spacial score (nSPS) is 14.2. The average Bonchev–Trinajstić information content (AvgIpc) is 3.20. The van der Waals surface area contributed by atoms with Gasteiger partial charge in [0.05, 0.1) is 23.8 Å². The summed E-state index contributed by atoms with van der Waals surface area (Å²) in [6, 6.07) is 11.7. The van der Waals surface area contributed by atoms with E-state index in [1.807, 2.05) is 49.5 Å². The number of hydrogen-bond acceptors (Lipinski definition) is 5. The molecule has 1 N–H and O–H groups in total. The predicted octanol–water partition coefficient (Wildman–Crippen LogP) is 3.21. The lowest BCUT2D eigenvalue weighted by atomic mass is 10.1. The lowest BCUT2D eigenvalue weighted by Gasteiger charge is -2.28. The standard InChI is InChI=1S/C20H22N6O/c1-15-5-7-16(8-6-15)26-14-18(23-24-26)20(27)22-19-10-9-17(13-21-19)25-11-3-2-4-12-25/h5-10,13-14H,2-4,11-12H2,1H3,(H,21,22,27). The van der Waals surface area contributed by atoms with Gasteiger partial charge < -0.3 is 10.2 Å². The fraction of sp³-hybridized carbons (Fsp3) is 0.300. The van der Waals surface area contributed by atoms with Gasteiger partial charge in [-0.25, -0.2) is 9.67 Å². The number of aryl methyl sites for hydroxylation is 1. The molecule has 1 saturated heterocycles. The van der Waals surface area contributed by atoms with Crippen molar-refractivity contribution in [3.05, 3.63) is 60.0 Å². The van der Waals surface area contributed by atoms with Crippen LogP contribution in [-0.4, -0.2) is 39.0 Å². The molecule has 2 aromatic heterocycles. The zero-order valence-electron chi connectivity index (χ0n) is 15.3. The second-order valence-corrected chi connectivity index (χ2v) is 6.79. The van der Waals surface area contributed by atoms with Crippen LogP contribution >= 0.6 is 0 Å². The third kappa shape index (κ3) is 3.97. The van der Waals surface area contributed by atoms with E-state index < -0.39 is 0 Å². The number of piperidine rings is 1. The minimum atomic E-state index is -0.327. The van der Waals surface area contributed by atoms with Crippen LogP contribution in [0, 0.1) is 6.92 Å². The van der Waals surface area contributed by atoms with E-state index in [2.05, 4.69) is 25.5 Å². The molecule has 3 aromatic rings. The Balaban J connectivity index is 1.42. The fourth-order valence-corrected chi connectivity index (χ4v) is 3.17. The maximum Gasteiger partial charge on any atom is 0.279 e. The van der Waals surface area contributed by atoms with Gasteiger partial charge in [0.25, 0.3) is 5.91 Å². The number of aromatic nitrogens is 4. The van der Waals surface area contributed by atoms with Gasteiger partial charge in [-0.2, -0.15) is 0 Å². The van der Waals surface area contributed by atoms with E-state index in [1.165, 1.54) is 19.3 Å². The summed E-state index contributed by atoms with van der Waals surface area (Å²) in [7, 11) is 0. The van der Waals surface area contributed by atoms with E-state index in [0.717, 1.165) is 30.0 Å².